The molecule has 5 rings (SSSR count). The van der Waals surface area contributed by atoms with Crippen LogP contribution in [0.3, 0.4) is 0 Å². The summed E-state index contributed by atoms with van der Waals surface area (Å²) < 4.78 is 36.2. The zero-order valence-corrected chi connectivity index (χ0v) is 21.9. The van der Waals surface area contributed by atoms with Gasteiger partial charge < -0.3 is 23.6 Å². The first-order chi connectivity index (χ1) is 18.3. The van der Waals surface area contributed by atoms with E-state index in [4.69, 9.17) is 18.7 Å². The molecule has 1 aliphatic carbocycles. The Labute approximate surface area is 220 Å². The molecule has 2 aromatic carbocycles. The summed E-state index contributed by atoms with van der Waals surface area (Å²) in [4.78, 5) is 27.2. The van der Waals surface area contributed by atoms with Crippen molar-refractivity contribution in [3.63, 3.8) is 0 Å². The molecule has 4 atom stereocenters. The molecular formula is C29H31FN2O6. The van der Waals surface area contributed by atoms with Gasteiger partial charge in [0.2, 0.25) is 0 Å². The number of anilines is 1. The number of methoxy groups -OCH3 is 2. The van der Waals surface area contributed by atoms with E-state index in [1.807, 2.05) is 18.2 Å². The fraction of sp³-hybridized carbons (Fsp3) is 0.414. The van der Waals surface area contributed by atoms with E-state index in [1.54, 1.807) is 39.3 Å². The number of carbonyl (C=O) groups excluding carboxylic acids is 2. The number of ether oxygens (including phenoxy) is 3. The first-order valence-corrected chi connectivity index (χ1v) is 12.6. The van der Waals surface area contributed by atoms with Gasteiger partial charge in [-0.25, -0.2) is 4.39 Å². The molecule has 1 saturated heterocycles. The lowest BCUT2D eigenvalue weighted by Crippen LogP contribution is -2.35. The highest BCUT2D eigenvalue weighted by Gasteiger charge is 2.56. The maximum Gasteiger partial charge on any atom is 0.309 e. The summed E-state index contributed by atoms with van der Waals surface area (Å²) in [6.07, 6.45) is 1.94. The van der Waals surface area contributed by atoms with Gasteiger partial charge in [0, 0.05) is 36.2 Å². The van der Waals surface area contributed by atoms with Gasteiger partial charge in [0.1, 0.15) is 17.3 Å². The molecule has 2 heterocycles. The Balaban J connectivity index is 1.46. The first-order valence-electron chi connectivity index (χ1n) is 12.6. The average molecular weight is 523 g/mol. The highest BCUT2D eigenvalue weighted by atomic mass is 19.1. The average Bonchev–Trinajstić information content (AvgIpc) is 3.66. The van der Waals surface area contributed by atoms with Crippen molar-refractivity contribution in [2.24, 2.45) is 5.92 Å². The molecule has 0 N–H and O–H groups in total. The number of halogens is 1. The molecular weight excluding hydrogens is 491 g/mol. The zero-order chi connectivity index (χ0) is 27.0. The molecule has 1 unspecified atom stereocenters. The zero-order valence-electron chi connectivity index (χ0n) is 21.9. The van der Waals surface area contributed by atoms with Gasteiger partial charge >= 0.3 is 5.97 Å². The molecule has 1 spiro atoms. The van der Waals surface area contributed by atoms with E-state index in [9.17, 15) is 14.0 Å². The molecule has 200 valence electrons. The number of aryl methyl sites for hydroxylation is 1. The molecule has 0 radical (unpaired) electrons. The van der Waals surface area contributed by atoms with Gasteiger partial charge in [-0.1, -0.05) is 17.3 Å². The lowest BCUT2D eigenvalue weighted by Gasteiger charge is -2.33. The first kappa shape index (κ1) is 25.9. The van der Waals surface area contributed by atoms with Gasteiger partial charge in [-0.05, 0) is 62.1 Å². The van der Waals surface area contributed by atoms with Crippen molar-refractivity contribution in [2.45, 2.75) is 43.6 Å². The van der Waals surface area contributed by atoms with Crippen LogP contribution in [0.15, 0.2) is 53.1 Å². The topological polar surface area (TPSA) is 91.1 Å². The monoisotopic (exact) mass is 522 g/mol. The number of esters is 1. The predicted molar refractivity (Wildman–Crippen MR) is 137 cm³/mol. The van der Waals surface area contributed by atoms with E-state index < -0.39 is 5.60 Å². The molecule has 1 aliphatic heterocycles. The van der Waals surface area contributed by atoms with Crippen LogP contribution in [-0.4, -0.2) is 50.5 Å². The summed E-state index contributed by atoms with van der Waals surface area (Å²) in [6.45, 7) is 2.16. The largest absolute Gasteiger partial charge is 0.496 e. The minimum absolute atomic E-state index is 0.0398. The molecule has 3 aromatic rings. The maximum absolute atomic E-state index is 13.7. The van der Waals surface area contributed by atoms with Gasteiger partial charge in [0.15, 0.2) is 5.69 Å². The summed E-state index contributed by atoms with van der Waals surface area (Å²) in [5.74, 6) is -0.345. The van der Waals surface area contributed by atoms with E-state index in [0.29, 0.717) is 43.1 Å². The summed E-state index contributed by atoms with van der Waals surface area (Å²) in [7, 11) is 4.69. The Kier molecular flexibility index (Phi) is 6.96. The highest BCUT2D eigenvalue weighted by molar-refractivity contribution is 6.04. The Bertz CT molecular complexity index is 1340. The van der Waals surface area contributed by atoms with Crippen molar-refractivity contribution in [3.8, 4) is 5.75 Å². The molecule has 0 bridgehead atoms. The molecule has 2 aliphatic rings. The van der Waals surface area contributed by atoms with Crippen LogP contribution in [-0.2, 0) is 14.3 Å². The summed E-state index contributed by atoms with van der Waals surface area (Å²) in [5, 5.41) is 3.84. The quantitative estimate of drug-likeness (QED) is 0.420. The number of aromatic nitrogens is 1. The minimum atomic E-state index is -0.609. The normalized spacial score (nSPS) is 24.5. The maximum atomic E-state index is 13.7. The van der Waals surface area contributed by atoms with Crippen LogP contribution in [0.1, 0.15) is 58.5 Å². The number of benzene rings is 2. The second-order valence-electron chi connectivity index (χ2n) is 10.1. The third kappa shape index (κ3) is 4.55. The van der Waals surface area contributed by atoms with Gasteiger partial charge in [0.05, 0.1) is 32.3 Å². The number of hydrogen-bond acceptors (Lipinski definition) is 7. The molecule has 2 fully saturated rings. The van der Waals surface area contributed by atoms with E-state index in [0.717, 1.165) is 11.1 Å². The van der Waals surface area contributed by atoms with Crippen LogP contribution in [0.5, 0.6) is 5.75 Å². The Morgan fingerprint density at radius 2 is 1.89 bits per heavy atom. The molecule has 1 amide bonds. The molecule has 8 nitrogen and oxygen atoms in total. The van der Waals surface area contributed by atoms with Crippen LogP contribution >= 0.6 is 0 Å². The summed E-state index contributed by atoms with van der Waals surface area (Å²) >= 11 is 0. The van der Waals surface area contributed by atoms with Crippen molar-refractivity contribution in [1.82, 2.24) is 5.16 Å². The number of carbonyl (C=O) groups is 2. The second kappa shape index (κ2) is 10.2. The highest BCUT2D eigenvalue weighted by Crippen LogP contribution is 2.57. The molecule has 9 heteroatoms. The third-order valence-corrected chi connectivity index (χ3v) is 7.94. The summed E-state index contributed by atoms with van der Waals surface area (Å²) in [5.41, 5.74) is 2.07. The van der Waals surface area contributed by atoms with Gasteiger partial charge in [-0.15, -0.1) is 0 Å². The van der Waals surface area contributed by atoms with Crippen LogP contribution in [0.2, 0.25) is 0 Å². The van der Waals surface area contributed by atoms with Crippen molar-refractivity contribution >= 4 is 17.6 Å². The lowest BCUT2D eigenvalue weighted by molar-refractivity contribution is -0.146. The fourth-order valence-corrected chi connectivity index (χ4v) is 6.10. The molecule has 1 aromatic heterocycles. The van der Waals surface area contributed by atoms with Crippen LogP contribution in [0.4, 0.5) is 10.1 Å². The molecule has 38 heavy (non-hydrogen) atoms. The minimum Gasteiger partial charge on any atom is -0.496 e. The Hall–Kier alpha value is -3.72. The van der Waals surface area contributed by atoms with Gasteiger partial charge in [-0.2, -0.15) is 0 Å². The van der Waals surface area contributed by atoms with Crippen LogP contribution in [0, 0.1) is 18.7 Å². The van der Waals surface area contributed by atoms with Crippen molar-refractivity contribution < 1.29 is 32.7 Å². The van der Waals surface area contributed by atoms with E-state index in [1.165, 1.54) is 24.1 Å². The smallest absolute Gasteiger partial charge is 0.309 e. The van der Waals surface area contributed by atoms with Crippen molar-refractivity contribution in [3.05, 3.63) is 76.9 Å². The Morgan fingerprint density at radius 3 is 2.55 bits per heavy atom. The number of rotatable bonds is 6. The van der Waals surface area contributed by atoms with E-state index in [2.05, 4.69) is 5.16 Å². The van der Waals surface area contributed by atoms with E-state index in [-0.39, 0.29) is 41.1 Å². The Morgan fingerprint density at radius 1 is 1.13 bits per heavy atom. The van der Waals surface area contributed by atoms with Gasteiger partial charge in [-0.3, -0.25) is 9.59 Å². The SMILES string of the molecule is COC(=O)C1CC[C@@]2(C[C@@H](c3cc(N(C)C(=O)c4cc(C)on4)ccc3OC)CO2)[C@@H]1c1ccc(F)cc1. The number of hydrogen-bond donors (Lipinski definition) is 0. The van der Waals surface area contributed by atoms with Crippen molar-refractivity contribution in [2.75, 3.05) is 32.8 Å². The second-order valence-corrected chi connectivity index (χ2v) is 10.1. The molecule has 1 saturated carbocycles. The van der Waals surface area contributed by atoms with Gasteiger partial charge in [0.25, 0.3) is 5.91 Å². The number of amides is 1. The lowest BCUT2D eigenvalue weighted by atomic mass is 9.76. The van der Waals surface area contributed by atoms with Crippen LogP contribution in [0.25, 0.3) is 0 Å². The third-order valence-electron chi connectivity index (χ3n) is 7.94. The van der Waals surface area contributed by atoms with Crippen molar-refractivity contribution in [1.29, 1.82) is 0 Å². The standard InChI is InChI=1S/C29H31FN2O6/c1-17-13-24(31-38-17)27(33)32(2)21-9-10-25(35-3)23(14-21)19-15-29(37-16-19)12-11-22(28(34)36-4)26(29)18-5-7-20(30)8-6-18/h5-10,13-14,19,22,26H,11-12,15-16H2,1-4H3/t19-,22?,26-,29-/m1/s1. The van der Waals surface area contributed by atoms with E-state index >= 15 is 0 Å². The van der Waals surface area contributed by atoms with Crippen LogP contribution < -0.4 is 9.64 Å². The predicted octanol–water partition coefficient (Wildman–Crippen LogP) is 5.02. The fourth-order valence-electron chi connectivity index (χ4n) is 6.10. The number of nitrogens with zero attached hydrogens (tertiary/aromatic N) is 2. The summed E-state index contributed by atoms with van der Waals surface area (Å²) in [6, 6.07) is 13.5.